The standard InChI is InChI=1S/C6H12N2O2/c1-2-8-5(3-7)4-10-6(8)9/h5H,2-4,7H2,1H3. The molecule has 1 saturated heterocycles. The van der Waals surface area contributed by atoms with Gasteiger partial charge in [-0.1, -0.05) is 0 Å². The summed E-state index contributed by atoms with van der Waals surface area (Å²) >= 11 is 0. The molecule has 0 spiro atoms. The minimum Gasteiger partial charge on any atom is -0.447 e. The lowest BCUT2D eigenvalue weighted by molar-refractivity contribution is 0.159. The van der Waals surface area contributed by atoms with Crippen LogP contribution < -0.4 is 5.73 Å². The van der Waals surface area contributed by atoms with Crippen molar-refractivity contribution in [1.82, 2.24) is 4.90 Å². The largest absolute Gasteiger partial charge is 0.447 e. The molecule has 4 heteroatoms. The zero-order chi connectivity index (χ0) is 7.56. The van der Waals surface area contributed by atoms with Crippen LogP contribution >= 0.6 is 0 Å². The van der Waals surface area contributed by atoms with Gasteiger partial charge in [-0.3, -0.25) is 0 Å². The molecular formula is C6H12N2O2. The quantitative estimate of drug-likeness (QED) is 0.583. The van der Waals surface area contributed by atoms with Gasteiger partial charge in [-0.05, 0) is 6.92 Å². The highest BCUT2D eigenvalue weighted by atomic mass is 16.6. The SMILES string of the molecule is CCN1C(=O)OCC1CN. The number of nitrogens with two attached hydrogens (primary N) is 1. The second-order valence-corrected chi connectivity index (χ2v) is 2.25. The van der Waals surface area contributed by atoms with Gasteiger partial charge in [0.05, 0.1) is 6.04 Å². The van der Waals surface area contributed by atoms with E-state index in [0.717, 1.165) is 0 Å². The Kier molecular flexibility index (Phi) is 2.11. The molecule has 1 aliphatic heterocycles. The first-order chi connectivity index (χ1) is 4.79. The van der Waals surface area contributed by atoms with E-state index < -0.39 is 0 Å². The number of cyclic esters (lactones) is 1. The second-order valence-electron chi connectivity index (χ2n) is 2.25. The molecule has 1 rings (SSSR count). The van der Waals surface area contributed by atoms with Crippen LogP contribution in [0.5, 0.6) is 0 Å². The number of hydrogen-bond donors (Lipinski definition) is 1. The van der Waals surface area contributed by atoms with E-state index >= 15 is 0 Å². The Morgan fingerprint density at radius 1 is 1.90 bits per heavy atom. The molecule has 1 unspecified atom stereocenters. The highest BCUT2D eigenvalue weighted by Crippen LogP contribution is 2.09. The van der Waals surface area contributed by atoms with Crippen molar-refractivity contribution in [2.45, 2.75) is 13.0 Å². The molecular weight excluding hydrogens is 132 g/mol. The zero-order valence-electron chi connectivity index (χ0n) is 6.04. The van der Waals surface area contributed by atoms with Gasteiger partial charge in [-0.25, -0.2) is 4.79 Å². The van der Waals surface area contributed by atoms with Crippen molar-refractivity contribution in [3.05, 3.63) is 0 Å². The molecule has 1 atom stereocenters. The van der Waals surface area contributed by atoms with E-state index in [1.54, 1.807) is 4.90 Å². The number of rotatable bonds is 2. The van der Waals surface area contributed by atoms with Crippen LogP contribution in [0, 0.1) is 0 Å². The van der Waals surface area contributed by atoms with E-state index in [1.165, 1.54) is 0 Å². The zero-order valence-corrected chi connectivity index (χ0v) is 6.04. The van der Waals surface area contributed by atoms with E-state index in [4.69, 9.17) is 10.5 Å². The normalized spacial score (nSPS) is 25.2. The lowest BCUT2D eigenvalue weighted by Gasteiger charge is -2.16. The van der Waals surface area contributed by atoms with Crippen LogP contribution in [0.1, 0.15) is 6.92 Å². The van der Waals surface area contributed by atoms with Crippen LogP contribution in [-0.4, -0.2) is 36.7 Å². The van der Waals surface area contributed by atoms with Crippen molar-refractivity contribution in [2.75, 3.05) is 19.7 Å². The fourth-order valence-electron chi connectivity index (χ4n) is 1.07. The predicted molar refractivity (Wildman–Crippen MR) is 36.6 cm³/mol. The summed E-state index contributed by atoms with van der Waals surface area (Å²) in [5.74, 6) is 0. The maximum absolute atomic E-state index is 10.8. The number of carbonyl (C=O) groups excluding carboxylic acids is 1. The third kappa shape index (κ3) is 1.07. The number of amides is 1. The van der Waals surface area contributed by atoms with Gasteiger partial charge in [-0.15, -0.1) is 0 Å². The molecule has 1 fully saturated rings. The molecule has 0 aromatic rings. The van der Waals surface area contributed by atoms with Crippen molar-refractivity contribution in [3.8, 4) is 0 Å². The number of nitrogens with zero attached hydrogens (tertiary/aromatic N) is 1. The lowest BCUT2D eigenvalue weighted by Crippen LogP contribution is -2.38. The minimum atomic E-state index is -0.238. The van der Waals surface area contributed by atoms with Crippen LogP contribution in [0.25, 0.3) is 0 Å². The third-order valence-electron chi connectivity index (χ3n) is 1.69. The van der Waals surface area contributed by atoms with Crippen molar-refractivity contribution >= 4 is 6.09 Å². The number of carbonyl (C=O) groups is 1. The van der Waals surface area contributed by atoms with Gasteiger partial charge in [0, 0.05) is 13.1 Å². The molecule has 1 amide bonds. The lowest BCUT2D eigenvalue weighted by atomic mass is 10.3. The fraction of sp³-hybridized carbons (Fsp3) is 0.833. The highest BCUT2D eigenvalue weighted by molar-refractivity contribution is 5.70. The van der Waals surface area contributed by atoms with Crippen LogP contribution in [0.3, 0.4) is 0 Å². The van der Waals surface area contributed by atoms with Crippen LogP contribution in [-0.2, 0) is 4.74 Å². The molecule has 58 valence electrons. The Morgan fingerprint density at radius 2 is 2.60 bits per heavy atom. The Bertz CT molecular complexity index is 138. The summed E-state index contributed by atoms with van der Waals surface area (Å²) in [6, 6.07) is 0.0949. The van der Waals surface area contributed by atoms with Crippen LogP contribution in [0.2, 0.25) is 0 Å². The maximum Gasteiger partial charge on any atom is 0.410 e. The first-order valence-corrected chi connectivity index (χ1v) is 3.43. The van der Waals surface area contributed by atoms with Gasteiger partial charge in [0.2, 0.25) is 0 Å². The number of hydrogen-bond acceptors (Lipinski definition) is 3. The monoisotopic (exact) mass is 144 g/mol. The molecule has 0 saturated carbocycles. The first-order valence-electron chi connectivity index (χ1n) is 3.43. The average molecular weight is 144 g/mol. The van der Waals surface area contributed by atoms with Gasteiger partial charge in [0.1, 0.15) is 6.61 Å². The summed E-state index contributed by atoms with van der Waals surface area (Å²) in [4.78, 5) is 12.5. The predicted octanol–water partition coefficient (Wildman–Crippen LogP) is -0.214. The molecule has 2 N–H and O–H groups in total. The number of likely N-dealkylation sites (N-methyl/N-ethyl adjacent to an activating group) is 1. The van der Waals surface area contributed by atoms with Gasteiger partial charge in [-0.2, -0.15) is 0 Å². The Balaban J connectivity index is 2.54. The Hall–Kier alpha value is -0.770. The van der Waals surface area contributed by atoms with E-state index in [1.807, 2.05) is 6.92 Å². The molecule has 0 aliphatic carbocycles. The molecule has 1 aliphatic rings. The molecule has 1 heterocycles. The van der Waals surface area contributed by atoms with Crippen molar-refractivity contribution in [2.24, 2.45) is 5.73 Å². The summed E-state index contributed by atoms with van der Waals surface area (Å²) in [5.41, 5.74) is 5.39. The average Bonchev–Trinajstić information content (AvgIpc) is 2.30. The van der Waals surface area contributed by atoms with Crippen LogP contribution in [0.15, 0.2) is 0 Å². The van der Waals surface area contributed by atoms with Crippen LogP contribution in [0.4, 0.5) is 4.79 Å². The van der Waals surface area contributed by atoms with Gasteiger partial charge in [0.15, 0.2) is 0 Å². The summed E-state index contributed by atoms with van der Waals surface area (Å²) in [6.45, 7) is 3.53. The molecule has 0 aromatic carbocycles. The summed E-state index contributed by atoms with van der Waals surface area (Å²) in [5, 5.41) is 0. The van der Waals surface area contributed by atoms with Gasteiger partial charge < -0.3 is 15.4 Å². The van der Waals surface area contributed by atoms with Crippen molar-refractivity contribution < 1.29 is 9.53 Å². The highest BCUT2D eigenvalue weighted by Gasteiger charge is 2.29. The van der Waals surface area contributed by atoms with E-state index in [2.05, 4.69) is 0 Å². The Labute approximate surface area is 59.9 Å². The third-order valence-corrected chi connectivity index (χ3v) is 1.69. The van der Waals surface area contributed by atoms with E-state index in [-0.39, 0.29) is 12.1 Å². The Morgan fingerprint density at radius 3 is 3.00 bits per heavy atom. The topological polar surface area (TPSA) is 55.6 Å². The molecule has 10 heavy (non-hydrogen) atoms. The van der Waals surface area contributed by atoms with Crippen molar-refractivity contribution in [1.29, 1.82) is 0 Å². The van der Waals surface area contributed by atoms with E-state index in [0.29, 0.717) is 19.7 Å². The maximum atomic E-state index is 10.8. The molecule has 4 nitrogen and oxygen atoms in total. The first kappa shape index (κ1) is 7.34. The minimum absolute atomic E-state index is 0.0949. The number of ether oxygens (including phenoxy) is 1. The second kappa shape index (κ2) is 2.88. The smallest absolute Gasteiger partial charge is 0.410 e. The molecule has 0 aromatic heterocycles. The summed E-state index contributed by atoms with van der Waals surface area (Å²) in [6.07, 6.45) is -0.238. The van der Waals surface area contributed by atoms with E-state index in [9.17, 15) is 4.79 Å². The molecule has 0 radical (unpaired) electrons. The summed E-state index contributed by atoms with van der Waals surface area (Å²) in [7, 11) is 0. The molecule has 0 bridgehead atoms. The van der Waals surface area contributed by atoms with Gasteiger partial charge >= 0.3 is 6.09 Å². The van der Waals surface area contributed by atoms with Gasteiger partial charge in [0.25, 0.3) is 0 Å². The fourth-order valence-corrected chi connectivity index (χ4v) is 1.07. The summed E-state index contributed by atoms with van der Waals surface area (Å²) < 4.78 is 4.77. The van der Waals surface area contributed by atoms with Crippen molar-refractivity contribution in [3.63, 3.8) is 0 Å².